The fraction of sp³-hybridized carbons (Fsp3) is 0.500. The highest BCUT2D eigenvalue weighted by Gasteiger charge is 2.32. The summed E-state index contributed by atoms with van der Waals surface area (Å²) in [6.45, 7) is 6.29. The summed E-state index contributed by atoms with van der Waals surface area (Å²) >= 11 is 0. The van der Waals surface area contributed by atoms with Crippen LogP contribution in [0.15, 0.2) is 35.1 Å². The molecule has 2 atom stereocenters. The van der Waals surface area contributed by atoms with Gasteiger partial charge in [-0.05, 0) is 25.5 Å². The summed E-state index contributed by atoms with van der Waals surface area (Å²) < 4.78 is 26.6. The minimum absolute atomic E-state index is 0.0922. The van der Waals surface area contributed by atoms with Crippen molar-refractivity contribution >= 4 is 5.91 Å². The number of ether oxygens (including phenoxy) is 2. The van der Waals surface area contributed by atoms with Crippen molar-refractivity contribution in [2.45, 2.75) is 19.4 Å². The number of amides is 1. The van der Waals surface area contributed by atoms with Gasteiger partial charge in [0, 0.05) is 50.0 Å². The molecular weight excluding hydrogens is 403 g/mol. The average Bonchev–Trinajstić information content (AvgIpc) is 3.30. The second-order valence-corrected chi connectivity index (χ2v) is 7.91. The number of carbonyl (C=O) groups is 1. The van der Waals surface area contributed by atoms with Crippen LogP contribution in [0.2, 0.25) is 0 Å². The van der Waals surface area contributed by atoms with E-state index in [1.165, 1.54) is 16.8 Å². The standard InChI is InChI=1S/C22H27FN4O4/c1-15-12-20(28)21(25-27(15)18-5-3-2-4-17(18)23)22(29)24-13-19(16-6-9-31-14-16)26-7-10-30-11-8-26/h2-5,12,16,19H,6-11,13-14H2,1H3,(H,24,29). The monoisotopic (exact) mass is 430 g/mol. The number of halogens is 1. The first-order chi connectivity index (χ1) is 15.0. The Balaban J connectivity index is 1.54. The third-order valence-electron chi connectivity index (χ3n) is 5.90. The zero-order valence-electron chi connectivity index (χ0n) is 17.6. The zero-order chi connectivity index (χ0) is 21.8. The van der Waals surface area contributed by atoms with E-state index in [1.54, 1.807) is 25.1 Å². The topological polar surface area (TPSA) is 85.7 Å². The quantitative estimate of drug-likeness (QED) is 0.740. The Bertz CT molecular complexity index is 984. The molecule has 2 saturated heterocycles. The molecule has 0 bridgehead atoms. The van der Waals surface area contributed by atoms with Crippen molar-refractivity contribution in [3.05, 3.63) is 57.8 Å². The first-order valence-electron chi connectivity index (χ1n) is 10.6. The molecule has 0 aliphatic carbocycles. The van der Waals surface area contributed by atoms with E-state index in [9.17, 15) is 14.0 Å². The Morgan fingerprint density at radius 1 is 1.26 bits per heavy atom. The largest absolute Gasteiger partial charge is 0.381 e. The number of aryl methyl sites for hydroxylation is 1. The molecule has 0 saturated carbocycles. The van der Waals surface area contributed by atoms with Crippen molar-refractivity contribution in [1.29, 1.82) is 0 Å². The smallest absolute Gasteiger partial charge is 0.275 e. The first kappa shape index (κ1) is 21.6. The molecule has 2 aromatic rings. The predicted molar refractivity (Wildman–Crippen MR) is 112 cm³/mol. The number of hydrogen-bond acceptors (Lipinski definition) is 6. The van der Waals surface area contributed by atoms with Gasteiger partial charge in [0.05, 0.1) is 19.8 Å². The molecule has 9 heteroatoms. The van der Waals surface area contributed by atoms with Crippen LogP contribution in [-0.2, 0) is 9.47 Å². The van der Waals surface area contributed by atoms with Gasteiger partial charge < -0.3 is 14.8 Å². The van der Waals surface area contributed by atoms with Crippen molar-refractivity contribution in [2.75, 3.05) is 46.1 Å². The number of nitrogens with zero attached hydrogens (tertiary/aromatic N) is 3. The number of hydrogen-bond donors (Lipinski definition) is 1. The van der Waals surface area contributed by atoms with Gasteiger partial charge in [-0.15, -0.1) is 0 Å². The molecule has 8 nitrogen and oxygen atoms in total. The number of morpholine rings is 1. The van der Waals surface area contributed by atoms with Crippen molar-refractivity contribution < 1.29 is 18.7 Å². The minimum Gasteiger partial charge on any atom is -0.381 e. The Hall–Kier alpha value is -2.62. The predicted octanol–water partition coefficient (Wildman–Crippen LogP) is 1.15. The number of aromatic nitrogens is 2. The maximum Gasteiger partial charge on any atom is 0.275 e. The third-order valence-corrected chi connectivity index (χ3v) is 5.90. The van der Waals surface area contributed by atoms with Crippen LogP contribution in [0.4, 0.5) is 4.39 Å². The lowest BCUT2D eigenvalue weighted by Gasteiger charge is -2.37. The first-order valence-corrected chi connectivity index (χ1v) is 10.6. The molecule has 2 aliphatic heterocycles. The molecule has 166 valence electrons. The molecule has 1 N–H and O–H groups in total. The van der Waals surface area contributed by atoms with Crippen LogP contribution < -0.4 is 10.7 Å². The molecule has 0 spiro atoms. The lowest BCUT2D eigenvalue weighted by atomic mass is 9.97. The molecule has 4 rings (SSSR count). The molecule has 31 heavy (non-hydrogen) atoms. The molecule has 2 aliphatic rings. The van der Waals surface area contributed by atoms with Crippen LogP contribution >= 0.6 is 0 Å². The van der Waals surface area contributed by atoms with Gasteiger partial charge in [-0.2, -0.15) is 5.10 Å². The van der Waals surface area contributed by atoms with Gasteiger partial charge in [0.2, 0.25) is 5.43 Å². The molecule has 1 amide bonds. The normalized spacial score (nSPS) is 20.5. The third kappa shape index (κ3) is 4.84. The van der Waals surface area contributed by atoms with E-state index < -0.39 is 17.2 Å². The summed E-state index contributed by atoms with van der Waals surface area (Å²) in [4.78, 5) is 27.7. The van der Waals surface area contributed by atoms with Gasteiger partial charge in [0.15, 0.2) is 5.69 Å². The van der Waals surface area contributed by atoms with E-state index >= 15 is 0 Å². The second kappa shape index (κ2) is 9.67. The highest BCUT2D eigenvalue weighted by molar-refractivity contribution is 5.92. The van der Waals surface area contributed by atoms with E-state index in [4.69, 9.17) is 9.47 Å². The lowest BCUT2D eigenvalue weighted by molar-refractivity contribution is 0.00164. The van der Waals surface area contributed by atoms with E-state index in [0.29, 0.717) is 44.6 Å². The Labute approximate surface area is 179 Å². The molecule has 1 aromatic heterocycles. The van der Waals surface area contributed by atoms with Crippen molar-refractivity contribution in [3.63, 3.8) is 0 Å². The number of carbonyl (C=O) groups excluding carboxylic acids is 1. The van der Waals surface area contributed by atoms with E-state index in [2.05, 4.69) is 15.3 Å². The number of nitrogens with one attached hydrogen (secondary N) is 1. The van der Waals surface area contributed by atoms with Gasteiger partial charge in [0.25, 0.3) is 5.91 Å². The van der Waals surface area contributed by atoms with Gasteiger partial charge in [0.1, 0.15) is 11.5 Å². The fourth-order valence-corrected chi connectivity index (χ4v) is 4.21. The van der Waals surface area contributed by atoms with Crippen molar-refractivity contribution in [2.24, 2.45) is 5.92 Å². The van der Waals surface area contributed by atoms with E-state index in [0.717, 1.165) is 19.5 Å². The molecular formula is C22H27FN4O4. The zero-order valence-corrected chi connectivity index (χ0v) is 17.6. The van der Waals surface area contributed by atoms with Gasteiger partial charge in [-0.25, -0.2) is 9.07 Å². The van der Waals surface area contributed by atoms with Crippen LogP contribution in [0.5, 0.6) is 0 Å². The average molecular weight is 430 g/mol. The SMILES string of the molecule is Cc1cc(=O)c(C(=O)NCC(C2CCOC2)N2CCOCC2)nn1-c1ccccc1F. The van der Waals surface area contributed by atoms with Crippen LogP contribution in [0, 0.1) is 18.7 Å². The molecule has 0 radical (unpaired) electrons. The van der Waals surface area contributed by atoms with Crippen LogP contribution in [0.25, 0.3) is 5.69 Å². The van der Waals surface area contributed by atoms with Gasteiger partial charge >= 0.3 is 0 Å². The maximum absolute atomic E-state index is 14.3. The summed E-state index contributed by atoms with van der Waals surface area (Å²) in [5, 5.41) is 7.06. The van der Waals surface area contributed by atoms with Gasteiger partial charge in [-0.1, -0.05) is 12.1 Å². The van der Waals surface area contributed by atoms with Crippen LogP contribution in [0.3, 0.4) is 0 Å². The van der Waals surface area contributed by atoms with Crippen molar-refractivity contribution in [3.8, 4) is 5.69 Å². The summed E-state index contributed by atoms with van der Waals surface area (Å²) in [7, 11) is 0. The second-order valence-electron chi connectivity index (χ2n) is 7.91. The summed E-state index contributed by atoms with van der Waals surface area (Å²) in [6, 6.07) is 7.51. The summed E-state index contributed by atoms with van der Waals surface area (Å²) in [5.41, 5.74) is -0.115. The number of rotatable bonds is 6. The fourth-order valence-electron chi connectivity index (χ4n) is 4.21. The maximum atomic E-state index is 14.3. The Morgan fingerprint density at radius 2 is 2.03 bits per heavy atom. The van der Waals surface area contributed by atoms with E-state index in [-0.39, 0.29) is 17.4 Å². The highest BCUT2D eigenvalue weighted by Crippen LogP contribution is 2.22. The highest BCUT2D eigenvalue weighted by atomic mass is 19.1. The molecule has 1 aromatic carbocycles. The van der Waals surface area contributed by atoms with Crippen LogP contribution in [-0.4, -0.2) is 72.7 Å². The Morgan fingerprint density at radius 3 is 2.74 bits per heavy atom. The minimum atomic E-state index is -0.563. The number of benzene rings is 1. The molecule has 3 heterocycles. The van der Waals surface area contributed by atoms with Crippen molar-refractivity contribution in [1.82, 2.24) is 20.0 Å². The summed E-state index contributed by atoms with van der Waals surface area (Å²) in [6.07, 6.45) is 0.931. The molecule has 2 unspecified atom stereocenters. The van der Waals surface area contributed by atoms with Gasteiger partial charge in [-0.3, -0.25) is 14.5 Å². The lowest BCUT2D eigenvalue weighted by Crippen LogP contribution is -2.52. The number of para-hydroxylation sites is 1. The summed E-state index contributed by atoms with van der Waals surface area (Å²) in [5.74, 6) is -0.742. The molecule has 2 fully saturated rings. The van der Waals surface area contributed by atoms with E-state index in [1.807, 2.05) is 0 Å². The van der Waals surface area contributed by atoms with Crippen LogP contribution in [0.1, 0.15) is 22.6 Å². The Kier molecular flexibility index (Phi) is 6.74.